The van der Waals surface area contributed by atoms with Gasteiger partial charge in [-0.25, -0.2) is 9.37 Å². The number of nitrogen functional groups attached to an aromatic ring is 1. The molecule has 0 fully saturated rings. The van der Waals surface area contributed by atoms with Gasteiger partial charge in [-0.3, -0.25) is 5.84 Å². The number of anilines is 1. The van der Waals surface area contributed by atoms with Crippen LogP contribution in [-0.2, 0) is 6.18 Å². The van der Waals surface area contributed by atoms with Crippen molar-refractivity contribution in [1.82, 2.24) is 4.98 Å². The normalized spacial score (nSPS) is 11.9. The predicted octanol–water partition coefficient (Wildman–Crippen LogP) is 3.30. The molecule has 0 saturated heterocycles. The van der Waals surface area contributed by atoms with E-state index in [9.17, 15) is 17.6 Å². The molecule has 2 rings (SSSR count). The summed E-state index contributed by atoms with van der Waals surface area (Å²) in [6.45, 7) is 2.78. The van der Waals surface area contributed by atoms with E-state index in [-0.39, 0.29) is 16.8 Å². The first kappa shape index (κ1) is 13.5. The zero-order valence-corrected chi connectivity index (χ0v) is 10.2. The fourth-order valence-corrected chi connectivity index (χ4v) is 1.95. The van der Waals surface area contributed by atoms with Crippen molar-refractivity contribution >= 4 is 16.6 Å². The third-order valence-electron chi connectivity index (χ3n) is 2.92. The molecule has 0 atom stereocenters. The van der Waals surface area contributed by atoms with E-state index in [0.29, 0.717) is 10.9 Å². The van der Waals surface area contributed by atoms with Gasteiger partial charge in [-0.15, -0.1) is 0 Å². The van der Waals surface area contributed by atoms with Crippen molar-refractivity contribution in [2.45, 2.75) is 20.0 Å². The summed E-state index contributed by atoms with van der Waals surface area (Å²) >= 11 is 0. The highest BCUT2D eigenvalue weighted by molar-refractivity contribution is 5.93. The molecule has 102 valence electrons. The summed E-state index contributed by atoms with van der Waals surface area (Å²) in [5.41, 5.74) is 1.36. The first-order valence-corrected chi connectivity index (χ1v) is 5.40. The minimum absolute atomic E-state index is 0.0889. The van der Waals surface area contributed by atoms with Gasteiger partial charge in [0, 0.05) is 17.0 Å². The number of nitrogens with one attached hydrogen (secondary N) is 1. The molecule has 7 heteroatoms. The molecule has 1 aromatic carbocycles. The van der Waals surface area contributed by atoms with E-state index in [1.807, 2.05) is 0 Å². The van der Waals surface area contributed by atoms with Crippen LogP contribution in [0.4, 0.5) is 23.2 Å². The standard InChI is InChI=1S/C12H11F4N3/c1-5-3-7-9(4-8(5)13)18-11(12(14,15)16)6(2)10(7)19-17/h3-4H,17H2,1-2H3,(H,18,19). The van der Waals surface area contributed by atoms with E-state index >= 15 is 0 Å². The van der Waals surface area contributed by atoms with E-state index in [2.05, 4.69) is 10.4 Å². The van der Waals surface area contributed by atoms with Crippen LogP contribution in [0.1, 0.15) is 16.8 Å². The number of fused-ring (bicyclic) bond motifs is 1. The molecule has 0 aliphatic rings. The summed E-state index contributed by atoms with van der Waals surface area (Å²) in [7, 11) is 0. The van der Waals surface area contributed by atoms with Gasteiger partial charge in [-0.05, 0) is 25.5 Å². The fourth-order valence-electron chi connectivity index (χ4n) is 1.95. The van der Waals surface area contributed by atoms with Gasteiger partial charge in [0.2, 0.25) is 0 Å². The molecule has 0 aliphatic heterocycles. The molecule has 0 spiro atoms. The zero-order valence-electron chi connectivity index (χ0n) is 10.2. The summed E-state index contributed by atoms with van der Waals surface area (Å²) < 4.78 is 52.0. The van der Waals surface area contributed by atoms with Crippen LogP contribution in [0, 0.1) is 19.7 Å². The number of rotatable bonds is 1. The van der Waals surface area contributed by atoms with Crippen LogP contribution in [-0.4, -0.2) is 4.98 Å². The Morgan fingerprint density at radius 1 is 1.21 bits per heavy atom. The van der Waals surface area contributed by atoms with Gasteiger partial charge in [0.15, 0.2) is 0 Å². The molecule has 1 heterocycles. The van der Waals surface area contributed by atoms with Crippen LogP contribution in [0.3, 0.4) is 0 Å². The van der Waals surface area contributed by atoms with Crippen LogP contribution in [0.15, 0.2) is 12.1 Å². The van der Waals surface area contributed by atoms with Gasteiger partial charge in [0.05, 0.1) is 11.2 Å². The molecule has 3 N–H and O–H groups in total. The molecule has 2 aromatic rings. The van der Waals surface area contributed by atoms with E-state index < -0.39 is 17.7 Å². The molecule has 19 heavy (non-hydrogen) atoms. The highest BCUT2D eigenvalue weighted by atomic mass is 19.4. The summed E-state index contributed by atoms with van der Waals surface area (Å²) in [6, 6.07) is 2.39. The molecule has 0 amide bonds. The molecule has 1 aromatic heterocycles. The number of hydrogen-bond donors (Lipinski definition) is 2. The molecule has 0 radical (unpaired) electrons. The van der Waals surface area contributed by atoms with E-state index in [1.54, 1.807) is 0 Å². The Balaban J connectivity index is 2.91. The average molecular weight is 273 g/mol. The number of hydrazine groups is 1. The van der Waals surface area contributed by atoms with Crippen LogP contribution in [0.2, 0.25) is 0 Å². The topological polar surface area (TPSA) is 50.9 Å². The van der Waals surface area contributed by atoms with E-state index in [0.717, 1.165) is 6.07 Å². The van der Waals surface area contributed by atoms with Gasteiger partial charge in [0.25, 0.3) is 0 Å². The van der Waals surface area contributed by atoms with Crippen molar-refractivity contribution in [2.24, 2.45) is 5.84 Å². The molecule has 0 unspecified atom stereocenters. The lowest BCUT2D eigenvalue weighted by molar-refractivity contribution is -0.141. The van der Waals surface area contributed by atoms with Gasteiger partial charge >= 0.3 is 6.18 Å². The number of benzene rings is 1. The number of nitrogens with zero attached hydrogens (tertiary/aromatic N) is 1. The molecule has 3 nitrogen and oxygen atoms in total. The third kappa shape index (κ3) is 2.21. The fraction of sp³-hybridized carbons (Fsp3) is 0.250. The molecule has 0 saturated carbocycles. The maximum Gasteiger partial charge on any atom is 0.433 e. The van der Waals surface area contributed by atoms with Crippen LogP contribution in [0.5, 0.6) is 0 Å². The Labute approximate surface area is 106 Å². The molecular weight excluding hydrogens is 262 g/mol. The maximum atomic E-state index is 13.4. The largest absolute Gasteiger partial charge is 0.433 e. The number of aromatic nitrogens is 1. The Kier molecular flexibility index (Phi) is 3.09. The Hall–Kier alpha value is -1.89. The van der Waals surface area contributed by atoms with Crippen molar-refractivity contribution in [1.29, 1.82) is 0 Å². The first-order valence-electron chi connectivity index (χ1n) is 5.40. The number of hydrogen-bond acceptors (Lipinski definition) is 3. The minimum atomic E-state index is -4.62. The van der Waals surface area contributed by atoms with Crippen LogP contribution >= 0.6 is 0 Å². The predicted molar refractivity (Wildman–Crippen MR) is 64.0 cm³/mol. The SMILES string of the molecule is Cc1cc2c(NN)c(C)c(C(F)(F)F)nc2cc1F. The van der Waals surface area contributed by atoms with Gasteiger partial charge < -0.3 is 5.43 Å². The lowest BCUT2D eigenvalue weighted by Gasteiger charge is -2.16. The molecule has 0 aliphatic carbocycles. The van der Waals surface area contributed by atoms with Crippen LogP contribution in [0.25, 0.3) is 10.9 Å². The quantitative estimate of drug-likeness (QED) is 0.476. The van der Waals surface area contributed by atoms with Crippen LogP contribution < -0.4 is 11.3 Å². The Morgan fingerprint density at radius 2 is 1.84 bits per heavy atom. The third-order valence-corrected chi connectivity index (χ3v) is 2.92. The Bertz CT molecular complexity index is 650. The van der Waals surface area contributed by atoms with E-state index in [1.165, 1.54) is 19.9 Å². The van der Waals surface area contributed by atoms with Crippen molar-refractivity contribution in [2.75, 3.05) is 5.43 Å². The summed E-state index contributed by atoms with van der Waals surface area (Å²) in [4.78, 5) is 3.50. The van der Waals surface area contributed by atoms with Crippen molar-refractivity contribution in [3.63, 3.8) is 0 Å². The summed E-state index contributed by atoms with van der Waals surface area (Å²) in [6.07, 6.45) is -4.62. The maximum absolute atomic E-state index is 13.4. The lowest BCUT2D eigenvalue weighted by Crippen LogP contribution is -2.16. The number of alkyl halides is 3. The second-order valence-corrected chi connectivity index (χ2v) is 4.22. The number of pyridine rings is 1. The van der Waals surface area contributed by atoms with Gasteiger partial charge in [-0.1, -0.05) is 0 Å². The number of nitrogens with two attached hydrogens (primary N) is 1. The summed E-state index contributed by atoms with van der Waals surface area (Å²) in [5.74, 6) is 4.67. The lowest BCUT2D eigenvalue weighted by atomic mass is 10.0. The van der Waals surface area contributed by atoms with Crippen molar-refractivity contribution < 1.29 is 17.6 Å². The number of aryl methyl sites for hydroxylation is 1. The van der Waals surface area contributed by atoms with Gasteiger partial charge in [0.1, 0.15) is 11.5 Å². The van der Waals surface area contributed by atoms with E-state index in [4.69, 9.17) is 5.84 Å². The molecular formula is C12H11F4N3. The second kappa shape index (κ2) is 4.34. The van der Waals surface area contributed by atoms with Crippen molar-refractivity contribution in [3.8, 4) is 0 Å². The smallest absolute Gasteiger partial charge is 0.323 e. The highest BCUT2D eigenvalue weighted by Crippen LogP contribution is 2.37. The van der Waals surface area contributed by atoms with Gasteiger partial charge in [-0.2, -0.15) is 13.2 Å². The zero-order chi connectivity index (χ0) is 14.4. The number of halogens is 4. The monoisotopic (exact) mass is 273 g/mol. The summed E-state index contributed by atoms with van der Waals surface area (Å²) in [5, 5.41) is 0.354. The minimum Gasteiger partial charge on any atom is -0.323 e. The Morgan fingerprint density at radius 3 is 2.37 bits per heavy atom. The molecule has 0 bridgehead atoms. The average Bonchev–Trinajstić information content (AvgIpc) is 2.29. The first-order chi connectivity index (χ1) is 8.75. The highest BCUT2D eigenvalue weighted by Gasteiger charge is 2.36. The van der Waals surface area contributed by atoms with Crippen molar-refractivity contribution in [3.05, 3.63) is 34.8 Å². The second-order valence-electron chi connectivity index (χ2n) is 4.22.